The zero-order chi connectivity index (χ0) is 14.5. The lowest BCUT2D eigenvalue weighted by molar-refractivity contribution is 0.145. The molecule has 0 bridgehead atoms. The molecule has 1 aliphatic rings. The fourth-order valence-corrected chi connectivity index (χ4v) is 3.77. The molecule has 1 saturated heterocycles. The van der Waals surface area contributed by atoms with Crippen LogP contribution < -0.4 is 5.73 Å². The van der Waals surface area contributed by atoms with Gasteiger partial charge in [-0.1, -0.05) is 28.1 Å². The maximum atomic E-state index is 9.06. The van der Waals surface area contributed by atoms with Gasteiger partial charge in [-0.3, -0.25) is 4.90 Å². The van der Waals surface area contributed by atoms with E-state index < -0.39 is 0 Å². The van der Waals surface area contributed by atoms with Crippen LogP contribution in [0.15, 0.2) is 28.7 Å². The normalized spacial score (nSPS) is 22.9. The van der Waals surface area contributed by atoms with E-state index in [-0.39, 0.29) is 18.7 Å². The minimum Gasteiger partial charge on any atom is -0.396 e. The van der Waals surface area contributed by atoms with Crippen molar-refractivity contribution in [1.82, 2.24) is 4.90 Å². The molecule has 2 rings (SSSR count). The van der Waals surface area contributed by atoms with Crippen molar-refractivity contribution in [2.75, 3.05) is 13.2 Å². The minimum atomic E-state index is 0.0963. The molecule has 3 unspecified atom stereocenters. The molecule has 1 aliphatic heterocycles. The van der Waals surface area contributed by atoms with Crippen LogP contribution in [-0.2, 0) is 0 Å². The van der Waals surface area contributed by atoms with Crippen molar-refractivity contribution in [3.05, 3.63) is 34.3 Å². The number of rotatable bonds is 6. The monoisotopic (exact) mass is 340 g/mol. The molecule has 0 saturated carbocycles. The number of nitrogens with zero attached hydrogens (tertiary/aromatic N) is 1. The summed E-state index contributed by atoms with van der Waals surface area (Å²) in [6.07, 6.45) is 4.39. The number of likely N-dealkylation sites (tertiary alicyclic amines) is 1. The molecular weight excluding hydrogens is 316 g/mol. The number of hydrogen-bond donors (Lipinski definition) is 2. The average molecular weight is 341 g/mol. The summed E-state index contributed by atoms with van der Waals surface area (Å²) in [4.78, 5) is 2.54. The summed E-state index contributed by atoms with van der Waals surface area (Å²) in [6.45, 7) is 3.48. The highest BCUT2D eigenvalue weighted by atomic mass is 79.9. The Morgan fingerprint density at radius 3 is 2.95 bits per heavy atom. The van der Waals surface area contributed by atoms with Gasteiger partial charge in [-0.05, 0) is 56.8 Å². The highest BCUT2D eigenvalue weighted by Gasteiger charge is 2.33. The lowest BCUT2D eigenvalue weighted by Gasteiger charge is -2.36. The van der Waals surface area contributed by atoms with Crippen molar-refractivity contribution < 1.29 is 5.11 Å². The Hall–Kier alpha value is -0.420. The van der Waals surface area contributed by atoms with Gasteiger partial charge in [0.2, 0.25) is 0 Å². The number of benzene rings is 1. The Morgan fingerprint density at radius 1 is 1.50 bits per heavy atom. The maximum absolute atomic E-state index is 9.06. The van der Waals surface area contributed by atoms with Crippen LogP contribution in [0.1, 0.15) is 44.2 Å². The van der Waals surface area contributed by atoms with Crippen molar-refractivity contribution >= 4 is 15.9 Å². The van der Waals surface area contributed by atoms with Gasteiger partial charge in [0, 0.05) is 29.2 Å². The van der Waals surface area contributed by atoms with Gasteiger partial charge >= 0.3 is 0 Å². The average Bonchev–Trinajstić information content (AvgIpc) is 2.84. The zero-order valence-corrected chi connectivity index (χ0v) is 13.7. The largest absolute Gasteiger partial charge is 0.396 e. The van der Waals surface area contributed by atoms with Crippen LogP contribution in [0, 0.1) is 0 Å². The van der Waals surface area contributed by atoms with Gasteiger partial charge in [-0.25, -0.2) is 0 Å². The Morgan fingerprint density at radius 2 is 2.30 bits per heavy atom. The SMILES string of the molecule is CC(N)C(c1cccc(Br)c1)N1CCCC1CCCO. The molecule has 4 heteroatoms. The molecule has 0 aromatic heterocycles. The lowest BCUT2D eigenvalue weighted by atomic mass is 9.97. The fourth-order valence-electron chi connectivity index (χ4n) is 3.35. The smallest absolute Gasteiger partial charge is 0.0499 e. The standard InChI is InChI=1S/C16H25BrN2O/c1-12(18)16(13-5-2-6-14(17)11-13)19-9-3-7-15(19)8-4-10-20/h2,5-6,11-12,15-16,20H,3-4,7-10,18H2,1H3. The van der Waals surface area contributed by atoms with E-state index >= 15 is 0 Å². The first-order valence-corrected chi connectivity index (χ1v) is 8.30. The van der Waals surface area contributed by atoms with Crippen molar-refractivity contribution in [1.29, 1.82) is 0 Å². The third-order valence-corrected chi connectivity index (χ3v) is 4.66. The van der Waals surface area contributed by atoms with Crippen LogP contribution in [0.3, 0.4) is 0 Å². The molecule has 0 amide bonds. The first kappa shape index (κ1) is 16.0. The summed E-state index contributed by atoms with van der Waals surface area (Å²) in [5.41, 5.74) is 7.57. The molecule has 0 aliphatic carbocycles. The molecule has 3 nitrogen and oxygen atoms in total. The molecule has 20 heavy (non-hydrogen) atoms. The second-order valence-corrected chi connectivity index (χ2v) is 6.67. The molecule has 1 fully saturated rings. The molecule has 3 atom stereocenters. The Bertz CT molecular complexity index is 425. The first-order valence-electron chi connectivity index (χ1n) is 7.51. The summed E-state index contributed by atoms with van der Waals surface area (Å²) in [5, 5.41) is 9.06. The summed E-state index contributed by atoms with van der Waals surface area (Å²) >= 11 is 3.55. The summed E-state index contributed by atoms with van der Waals surface area (Å²) < 4.78 is 1.10. The van der Waals surface area contributed by atoms with E-state index in [4.69, 9.17) is 10.8 Å². The van der Waals surface area contributed by atoms with Gasteiger partial charge in [0.15, 0.2) is 0 Å². The number of halogens is 1. The van der Waals surface area contributed by atoms with Crippen molar-refractivity contribution in [2.45, 2.75) is 50.7 Å². The molecule has 0 radical (unpaired) electrons. The molecular formula is C16H25BrN2O. The van der Waals surface area contributed by atoms with Gasteiger partial charge in [-0.2, -0.15) is 0 Å². The Labute approximate surface area is 130 Å². The summed E-state index contributed by atoms with van der Waals surface area (Å²) in [5.74, 6) is 0. The molecule has 112 valence electrons. The van der Waals surface area contributed by atoms with E-state index in [0.717, 1.165) is 23.9 Å². The van der Waals surface area contributed by atoms with Gasteiger partial charge in [-0.15, -0.1) is 0 Å². The second-order valence-electron chi connectivity index (χ2n) is 5.76. The first-order chi connectivity index (χ1) is 9.63. The fraction of sp³-hybridized carbons (Fsp3) is 0.625. The summed E-state index contributed by atoms with van der Waals surface area (Å²) in [6, 6.07) is 9.38. The van der Waals surface area contributed by atoms with E-state index in [1.807, 2.05) is 0 Å². The van der Waals surface area contributed by atoms with Gasteiger partial charge < -0.3 is 10.8 Å². The summed E-state index contributed by atoms with van der Waals surface area (Å²) in [7, 11) is 0. The van der Waals surface area contributed by atoms with E-state index in [1.165, 1.54) is 18.4 Å². The van der Waals surface area contributed by atoms with E-state index in [9.17, 15) is 0 Å². The van der Waals surface area contributed by atoms with Crippen molar-refractivity contribution in [2.24, 2.45) is 5.73 Å². The minimum absolute atomic E-state index is 0.0963. The Kier molecular flexibility index (Phi) is 6.02. The van der Waals surface area contributed by atoms with Gasteiger partial charge in [0.05, 0.1) is 0 Å². The van der Waals surface area contributed by atoms with Crippen LogP contribution in [0.5, 0.6) is 0 Å². The number of hydrogen-bond acceptors (Lipinski definition) is 3. The predicted octanol–water partition coefficient (Wildman–Crippen LogP) is 3.07. The van der Waals surface area contributed by atoms with Crippen LogP contribution in [0.2, 0.25) is 0 Å². The number of aliphatic hydroxyl groups is 1. The maximum Gasteiger partial charge on any atom is 0.0499 e. The third kappa shape index (κ3) is 3.82. The molecule has 3 N–H and O–H groups in total. The zero-order valence-electron chi connectivity index (χ0n) is 12.1. The van der Waals surface area contributed by atoms with Crippen LogP contribution in [-0.4, -0.2) is 35.2 Å². The predicted molar refractivity (Wildman–Crippen MR) is 86.6 cm³/mol. The molecule has 1 heterocycles. The quantitative estimate of drug-likeness (QED) is 0.836. The molecule has 0 spiro atoms. The Balaban J connectivity index is 2.19. The highest BCUT2D eigenvalue weighted by Crippen LogP contribution is 2.34. The lowest BCUT2D eigenvalue weighted by Crippen LogP contribution is -2.42. The van der Waals surface area contributed by atoms with Crippen molar-refractivity contribution in [3.63, 3.8) is 0 Å². The number of aliphatic hydroxyl groups excluding tert-OH is 1. The second kappa shape index (κ2) is 7.55. The van der Waals surface area contributed by atoms with Crippen molar-refractivity contribution in [3.8, 4) is 0 Å². The number of nitrogens with two attached hydrogens (primary N) is 1. The van der Waals surface area contributed by atoms with E-state index in [0.29, 0.717) is 6.04 Å². The van der Waals surface area contributed by atoms with Gasteiger partial charge in [0.1, 0.15) is 0 Å². The molecule has 1 aromatic rings. The van der Waals surface area contributed by atoms with Crippen LogP contribution in [0.4, 0.5) is 0 Å². The van der Waals surface area contributed by atoms with Crippen LogP contribution >= 0.6 is 15.9 Å². The molecule has 1 aromatic carbocycles. The van der Waals surface area contributed by atoms with Crippen LogP contribution in [0.25, 0.3) is 0 Å². The third-order valence-electron chi connectivity index (χ3n) is 4.16. The van der Waals surface area contributed by atoms with E-state index in [2.05, 4.69) is 52.0 Å². The topological polar surface area (TPSA) is 49.5 Å². The van der Waals surface area contributed by atoms with Gasteiger partial charge in [0.25, 0.3) is 0 Å². The highest BCUT2D eigenvalue weighted by molar-refractivity contribution is 9.10. The van der Waals surface area contributed by atoms with E-state index in [1.54, 1.807) is 0 Å².